The van der Waals surface area contributed by atoms with Gasteiger partial charge in [-0.3, -0.25) is 0 Å². The van der Waals surface area contributed by atoms with E-state index in [9.17, 15) is 8.42 Å². The van der Waals surface area contributed by atoms with E-state index in [-0.39, 0.29) is 10.9 Å². The van der Waals surface area contributed by atoms with Crippen LogP contribution in [0.15, 0.2) is 29.4 Å². The number of nitrogens with zero attached hydrogens (tertiary/aromatic N) is 3. The monoisotopic (exact) mass is 295 g/mol. The number of hydrogen-bond donors (Lipinski definition) is 0. The van der Waals surface area contributed by atoms with Gasteiger partial charge < -0.3 is 9.30 Å². The van der Waals surface area contributed by atoms with Crippen molar-refractivity contribution >= 4 is 9.84 Å². The van der Waals surface area contributed by atoms with E-state index in [1.54, 1.807) is 42.9 Å². The van der Waals surface area contributed by atoms with Gasteiger partial charge in [0, 0.05) is 6.54 Å². The zero-order chi connectivity index (χ0) is 14.8. The minimum Gasteiger partial charge on any atom is -0.497 e. The Morgan fingerprint density at radius 1 is 1.30 bits per heavy atom. The molecule has 0 aliphatic heterocycles. The molecule has 0 aliphatic rings. The second-order valence-electron chi connectivity index (χ2n) is 4.38. The van der Waals surface area contributed by atoms with Crippen LogP contribution in [0.3, 0.4) is 0 Å². The maximum absolute atomic E-state index is 12.4. The van der Waals surface area contributed by atoms with Crippen molar-refractivity contribution < 1.29 is 13.2 Å². The average Bonchev–Trinajstić information content (AvgIpc) is 2.80. The van der Waals surface area contributed by atoms with Crippen molar-refractivity contribution in [2.45, 2.75) is 31.3 Å². The molecular weight excluding hydrogens is 278 g/mol. The molecule has 0 radical (unpaired) electrons. The first-order chi connectivity index (χ1) is 9.47. The number of ether oxygens (including phenoxy) is 1. The van der Waals surface area contributed by atoms with Crippen LogP contribution in [0, 0.1) is 6.92 Å². The Balaban J connectivity index is 2.35. The van der Waals surface area contributed by atoms with Gasteiger partial charge in [0.2, 0.25) is 15.0 Å². The van der Waals surface area contributed by atoms with Crippen molar-refractivity contribution in [3.8, 4) is 5.75 Å². The molecule has 0 saturated heterocycles. The van der Waals surface area contributed by atoms with Gasteiger partial charge in [0.15, 0.2) is 0 Å². The number of aryl methyl sites for hydroxylation is 1. The van der Waals surface area contributed by atoms with Gasteiger partial charge in [-0.25, -0.2) is 8.42 Å². The minimum atomic E-state index is -3.53. The van der Waals surface area contributed by atoms with Crippen LogP contribution in [0.1, 0.15) is 18.3 Å². The van der Waals surface area contributed by atoms with E-state index in [4.69, 9.17) is 4.74 Å². The van der Waals surface area contributed by atoms with Gasteiger partial charge >= 0.3 is 0 Å². The zero-order valence-electron chi connectivity index (χ0n) is 11.7. The third kappa shape index (κ3) is 2.82. The van der Waals surface area contributed by atoms with Crippen molar-refractivity contribution in [3.63, 3.8) is 0 Å². The first-order valence-electron chi connectivity index (χ1n) is 6.23. The van der Waals surface area contributed by atoms with Crippen LogP contribution in [-0.2, 0) is 22.1 Å². The van der Waals surface area contributed by atoms with Gasteiger partial charge in [0.25, 0.3) is 0 Å². The molecule has 1 aromatic carbocycles. The van der Waals surface area contributed by atoms with Gasteiger partial charge in [-0.15, -0.1) is 10.2 Å². The summed E-state index contributed by atoms with van der Waals surface area (Å²) in [5, 5.41) is 7.64. The van der Waals surface area contributed by atoms with Gasteiger partial charge in [-0.1, -0.05) is 12.1 Å². The molecule has 6 nitrogen and oxygen atoms in total. The summed E-state index contributed by atoms with van der Waals surface area (Å²) in [6.07, 6.45) is 0. The van der Waals surface area contributed by atoms with Crippen LogP contribution < -0.4 is 4.74 Å². The Morgan fingerprint density at radius 2 is 2.05 bits per heavy atom. The van der Waals surface area contributed by atoms with Gasteiger partial charge in [-0.2, -0.15) is 0 Å². The molecule has 0 aliphatic carbocycles. The topological polar surface area (TPSA) is 74.1 Å². The Bertz CT molecular complexity index is 707. The molecule has 2 rings (SSSR count). The predicted molar refractivity (Wildman–Crippen MR) is 74.3 cm³/mol. The number of hydrogen-bond acceptors (Lipinski definition) is 5. The lowest BCUT2D eigenvalue weighted by molar-refractivity contribution is 0.414. The largest absolute Gasteiger partial charge is 0.497 e. The van der Waals surface area contributed by atoms with Crippen LogP contribution in [0.4, 0.5) is 0 Å². The van der Waals surface area contributed by atoms with Gasteiger partial charge in [0.1, 0.15) is 11.6 Å². The van der Waals surface area contributed by atoms with Crippen LogP contribution in [0.25, 0.3) is 0 Å². The van der Waals surface area contributed by atoms with Crippen molar-refractivity contribution in [1.29, 1.82) is 0 Å². The average molecular weight is 295 g/mol. The van der Waals surface area contributed by atoms with E-state index in [1.165, 1.54) is 0 Å². The van der Waals surface area contributed by atoms with Crippen LogP contribution in [0.5, 0.6) is 5.75 Å². The quantitative estimate of drug-likeness (QED) is 0.837. The van der Waals surface area contributed by atoms with Crippen LogP contribution >= 0.6 is 0 Å². The lowest BCUT2D eigenvalue weighted by atomic mass is 10.2. The molecule has 20 heavy (non-hydrogen) atoms. The molecule has 7 heteroatoms. The second kappa shape index (κ2) is 5.62. The van der Waals surface area contributed by atoms with E-state index in [1.807, 2.05) is 6.92 Å². The predicted octanol–water partition coefficient (Wildman–Crippen LogP) is 1.59. The summed E-state index contributed by atoms with van der Waals surface area (Å²) >= 11 is 0. The summed E-state index contributed by atoms with van der Waals surface area (Å²) in [7, 11) is -1.98. The number of benzene rings is 1. The van der Waals surface area contributed by atoms with Crippen molar-refractivity contribution in [3.05, 3.63) is 35.7 Å². The summed E-state index contributed by atoms with van der Waals surface area (Å²) < 4.78 is 31.5. The summed E-state index contributed by atoms with van der Waals surface area (Å²) in [6.45, 7) is 4.12. The highest BCUT2D eigenvalue weighted by Crippen LogP contribution is 2.19. The van der Waals surface area contributed by atoms with Crippen molar-refractivity contribution in [2.75, 3.05) is 7.11 Å². The molecule has 1 aromatic heterocycles. The number of rotatable bonds is 5. The molecule has 0 saturated carbocycles. The Hall–Kier alpha value is -1.89. The normalized spacial score (nSPS) is 11.6. The van der Waals surface area contributed by atoms with Crippen molar-refractivity contribution in [2.24, 2.45) is 0 Å². The standard InChI is InChI=1S/C13H17N3O3S/c1-4-16-10(2)14-15-13(16)20(17,18)9-11-6-5-7-12(8-11)19-3/h5-8H,4,9H2,1-3H3. The van der Waals surface area contributed by atoms with E-state index in [2.05, 4.69) is 10.2 Å². The fourth-order valence-electron chi connectivity index (χ4n) is 2.00. The summed E-state index contributed by atoms with van der Waals surface area (Å²) in [4.78, 5) is 0. The van der Waals surface area contributed by atoms with Crippen molar-refractivity contribution in [1.82, 2.24) is 14.8 Å². The fraction of sp³-hybridized carbons (Fsp3) is 0.385. The molecule has 108 valence electrons. The van der Waals surface area contributed by atoms with E-state index in [0.29, 0.717) is 23.7 Å². The Labute approximate surface area is 118 Å². The zero-order valence-corrected chi connectivity index (χ0v) is 12.5. The first kappa shape index (κ1) is 14.5. The molecule has 0 atom stereocenters. The van der Waals surface area contributed by atoms with E-state index in [0.717, 1.165) is 0 Å². The molecule has 0 fully saturated rings. The first-order valence-corrected chi connectivity index (χ1v) is 7.88. The third-order valence-electron chi connectivity index (χ3n) is 2.99. The highest BCUT2D eigenvalue weighted by molar-refractivity contribution is 7.90. The summed E-state index contributed by atoms with van der Waals surface area (Å²) in [6, 6.07) is 6.99. The van der Waals surface area contributed by atoms with E-state index < -0.39 is 9.84 Å². The van der Waals surface area contributed by atoms with Crippen LogP contribution in [0.2, 0.25) is 0 Å². The Morgan fingerprint density at radius 3 is 2.70 bits per heavy atom. The maximum Gasteiger partial charge on any atom is 0.250 e. The highest BCUT2D eigenvalue weighted by atomic mass is 32.2. The summed E-state index contributed by atoms with van der Waals surface area (Å²) in [5.74, 6) is 1.10. The Kier molecular flexibility index (Phi) is 4.08. The minimum absolute atomic E-state index is 0.0142. The number of sulfone groups is 1. The molecule has 1 heterocycles. The molecule has 2 aromatic rings. The molecular formula is C13H17N3O3S. The third-order valence-corrected chi connectivity index (χ3v) is 4.56. The van der Waals surface area contributed by atoms with Gasteiger partial charge in [0.05, 0.1) is 12.9 Å². The van der Waals surface area contributed by atoms with Crippen LogP contribution in [-0.4, -0.2) is 30.3 Å². The van der Waals surface area contributed by atoms with E-state index >= 15 is 0 Å². The highest BCUT2D eigenvalue weighted by Gasteiger charge is 2.23. The molecule has 0 spiro atoms. The lowest BCUT2D eigenvalue weighted by Gasteiger charge is -2.07. The number of methoxy groups -OCH3 is 1. The van der Waals surface area contributed by atoms with Gasteiger partial charge in [-0.05, 0) is 31.5 Å². The molecule has 0 amide bonds. The maximum atomic E-state index is 12.4. The molecule has 0 N–H and O–H groups in total. The summed E-state index contributed by atoms with van der Waals surface area (Å²) in [5.41, 5.74) is 0.660. The smallest absolute Gasteiger partial charge is 0.250 e. The second-order valence-corrected chi connectivity index (χ2v) is 6.27. The fourth-order valence-corrected chi connectivity index (χ4v) is 3.51. The number of aromatic nitrogens is 3. The molecule has 0 bridgehead atoms. The SMILES string of the molecule is CCn1c(C)nnc1S(=O)(=O)Cc1cccc(OC)c1. The molecule has 0 unspecified atom stereocenters. The lowest BCUT2D eigenvalue weighted by Crippen LogP contribution is -2.13.